The number of carbonyl (C=O) groups excluding carboxylic acids is 2. The normalized spacial score (nSPS) is 12.4. The van der Waals surface area contributed by atoms with E-state index in [1.165, 1.54) is 5.56 Å². The number of rotatable bonds is 7. The summed E-state index contributed by atoms with van der Waals surface area (Å²) in [5.74, 6) is 0.456. The third-order valence-corrected chi connectivity index (χ3v) is 4.50. The number of amides is 2. The zero-order valence-electron chi connectivity index (χ0n) is 18.2. The molecule has 0 saturated heterocycles. The highest BCUT2D eigenvalue weighted by molar-refractivity contribution is 6.04. The van der Waals surface area contributed by atoms with Gasteiger partial charge in [-0.2, -0.15) is 0 Å². The molecule has 0 unspecified atom stereocenters. The van der Waals surface area contributed by atoms with Gasteiger partial charge in [0.05, 0.1) is 11.3 Å². The fraction of sp³-hybridized carbons (Fsp3) is 0.417. The van der Waals surface area contributed by atoms with Gasteiger partial charge in [0.1, 0.15) is 5.75 Å². The molecule has 2 rings (SSSR count). The van der Waals surface area contributed by atoms with Crippen LogP contribution in [0.15, 0.2) is 48.5 Å². The van der Waals surface area contributed by atoms with Crippen molar-refractivity contribution in [2.75, 3.05) is 11.9 Å². The van der Waals surface area contributed by atoms with Crippen molar-refractivity contribution >= 4 is 17.5 Å². The van der Waals surface area contributed by atoms with Crippen LogP contribution < -0.4 is 15.4 Å². The molecule has 0 fully saturated rings. The van der Waals surface area contributed by atoms with Crippen molar-refractivity contribution in [2.45, 2.75) is 53.1 Å². The Hall–Kier alpha value is -2.82. The summed E-state index contributed by atoms with van der Waals surface area (Å²) < 4.78 is 5.78. The maximum atomic E-state index is 12.6. The Balaban J connectivity index is 2.03. The first kappa shape index (κ1) is 22.5. The van der Waals surface area contributed by atoms with Crippen molar-refractivity contribution < 1.29 is 14.3 Å². The van der Waals surface area contributed by atoms with Crippen molar-refractivity contribution in [1.82, 2.24) is 5.32 Å². The minimum absolute atomic E-state index is 0.0569. The number of para-hydroxylation sites is 1. The van der Waals surface area contributed by atoms with E-state index < -0.39 is 6.10 Å². The van der Waals surface area contributed by atoms with Crippen molar-refractivity contribution in [3.05, 3.63) is 59.7 Å². The molecule has 1 atom stereocenters. The minimum atomic E-state index is -0.706. The lowest BCUT2D eigenvalue weighted by atomic mass is 9.87. The van der Waals surface area contributed by atoms with E-state index >= 15 is 0 Å². The number of ether oxygens (including phenoxy) is 1. The smallest absolute Gasteiger partial charge is 0.265 e. The van der Waals surface area contributed by atoms with E-state index in [1.807, 2.05) is 38.1 Å². The molecule has 0 aliphatic carbocycles. The quantitative estimate of drug-likeness (QED) is 0.708. The predicted molar refractivity (Wildman–Crippen MR) is 117 cm³/mol. The van der Waals surface area contributed by atoms with Crippen LogP contribution >= 0.6 is 0 Å². The molecule has 0 spiro atoms. The van der Waals surface area contributed by atoms with Crippen LogP contribution in [0.2, 0.25) is 0 Å². The second-order valence-corrected chi connectivity index (χ2v) is 8.67. The van der Waals surface area contributed by atoms with Crippen molar-refractivity contribution in [3.63, 3.8) is 0 Å². The lowest BCUT2D eigenvalue weighted by Crippen LogP contribution is -2.32. The summed E-state index contributed by atoms with van der Waals surface area (Å²) in [6.45, 7) is 12.8. The van der Waals surface area contributed by atoms with Crippen LogP contribution in [0.3, 0.4) is 0 Å². The van der Waals surface area contributed by atoms with Gasteiger partial charge in [-0.1, -0.05) is 58.9 Å². The second kappa shape index (κ2) is 9.59. The summed E-state index contributed by atoms with van der Waals surface area (Å²) in [6, 6.07) is 14.7. The summed E-state index contributed by atoms with van der Waals surface area (Å²) in [6.07, 6.45) is -0.706. The molecule has 2 aromatic carbocycles. The summed E-state index contributed by atoms with van der Waals surface area (Å²) in [4.78, 5) is 25.0. The van der Waals surface area contributed by atoms with Crippen LogP contribution in [-0.2, 0) is 10.2 Å². The Morgan fingerprint density at radius 1 is 0.966 bits per heavy atom. The van der Waals surface area contributed by atoms with Gasteiger partial charge in [-0.3, -0.25) is 9.59 Å². The third-order valence-electron chi connectivity index (χ3n) is 4.50. The van der Waals surface area contributed by atoms with Gasteiger partial charge in [0.15, 0.2) is 6.10 Å². The molecule has 0 radical (unpaired) electrons. The van der Waals surface area contributed by atoms with Crippen molar-refractivity contribution in [2.24, 2.45) is 5.92 Å². The fourth-order valence-electron chi connectivity index (χ4n) is 2.71. The molecule has 0 aliphatic heterocycles. The molecule has 29 heavy (non-hydrogen) atoms. The average molecular weight is 397 g/mol. The molecule has 0 bridgehead atoms. The Morgan fingerprint density at radius 3 is 2.17 bits per heavy atom. The molecule has 2 aromatic rings. The molecule has 0 heterocycles. The third kappa shape index (κ3) is 6.63. The number of anilines is 1. The van der Waals surface area contributed by atoms with Crippen LogP contribution in [0.25, 0.3) is 0 Å². The van der Waals surface area contributed by atoms with Gasteiger partial charge in [0.2, 0.25) is 0 Å². The van der Waals surface area contributed by atoms with E-state index in [-0.39, 0.29) is 17.2 Å². The first-order chi connectivity index (χ1) is 13.6. The van der Waals surface area contributed by atoms with Gasteiger partial charge in [-0.05, 0) is 48.1 Å². The molecule has 0 saturated carbocycles. The lowest BCUT2D eigenvalue weighted by Gasteiger charge is -2.20. The highest BCUT2D eigenvalue weighted by Gasteiger charge is 2.19. The number of carbonyl (C=O) groups is 2. The van der Waals surface area contributed by atoms with E-state index in [9.17, 15) is 9.59 Å². The van der Waals surface area contributed by atoms with E-state index in [2.05, 4.69) is 31.4 Å². The molecule has 2 N–H and O–H groups in total. The Kier molecular flexibility index (Phi) is 7.43. The zero-order chi connectivity index (χ0) is 21.6. The minimum Gasteiger partial charge on any atom is -0.481 e. The molecule has 0 aromatic heterocycles. The van der Waals surface area contributed by atoms with Gasteiger partial charge in [-0.15, -0.1) is 0 Å². The second-order valence-electron chi connectivity index (χ2n) is 8.67. The molecule has 0 aliphatic rings. The van der Waals surface area contributed by atoms with Gasteiger partial charge in [-0.25, -0.2) is 0 Å². The predicted octanol–water partition coefficient (Wildman–Crippen LogP) is 4.78. The topological polar surface area (TPSA) is 67.4 Å². The molecular formula is C24H32N2O3. The van der Waals surface area contributed by atoms with Crippen LogP contribution in [0.5, 0.6) is 5.75 Å². The summed E-state index contributed by atoms with van der Waals surface area (Å²) in [7, 11) is 0. The SMILES string of the molecule is CC(C)CNC(=O)c1ccccc1NC(=O)[C@@H](C)Oc1ccc(C(C)(C)C)cc1. The van der Waals surface area contributed by atoms with Crippen molar-refractivity contribution in [3.8, 4) is 5.75 Å². The Morgan fingerprint density at radius 2 is 1.59 bits per heavy atom. The summed E-state index contributed by atoms with van der Waals surface area (Å²) in [5.41, 5.74) is 2.16. The standard InChI is InChI=1S/C24H32N2O3/c1-16(2)15-25-23(28)20-9-7-8-10-21(20)26-22(27)17(3)29-19-13-11-18(12-14-19)24(4,5)6/h7-14,16-17H,15H2,1-6H3,(H,25,28)(H,26,27)/t17-/m1/s1. The maximum Gasteiger partial charge on any atom is 0.265 e. The van der Waals surface area contributed by atoms with Crippen LogP contribution in [-0.4, -0.2) is 24.5 Å². The van der Waals surface area contributed by atoms with E-state index in [4.69, 9.17) is 4.74 Å². The number of nitrogens with one attached hydrogen (secondary N) is 2. The molecular weight excluding hydrogens is 364 g/mol. The highest BCUT2D eigenvalue weighted by Crippen LogP contribution is 2.25. The van der Waals surface area contributed by atoms with Gasteiger partial charge < -0.3 is 15.4 Å². The van der Waals surface area contributed by atoms with Gasteiger partial charge >= 0.3 is 0 Å². The number of hydrogen-bond donors (Lipinski definition) is 2. The Bertz CT molecular complexity index is 836. The molecule has 156 valence electrons. The average Bonchev–Trinajstić information content (AvgIpc) is 2.66. The first-order valence-electron chi connectivity index (χ1n) is 10.0. The van der Waals surface area contributed by atoms with E-state index in [1.54, 1.807) is 31.2 Å². The zero-order valence-corrected chi connectivity index (χ0v) is 18.2. The van der Waals surface area contributed by atoms with E-state index in [0.29, 0.717) is 29.5 Å². The lowest BCUT2D eigenvalue weighted by molar-refractivity contribution is -0.122. The molecule has 5 nitrogen and oxygen atoms in total. The number of hydrogen-bond acceptors (Lipinski definition) is 3. The van der Waals surface area contributed by atoms with E-state index in [0.717, 1.165) is 0 Å². The van der Waals surface area contributed by atoms with Crippen molar-refractivity contribution in [1.29, 1.82) is 0 Å². The summed E-state index contributed by atoms with van der Waals surface area (Å²) in [5, 5.41) is 5.69. The van der Waals surface area contributed by atoms with Crippen LogP contribution in [0.4, 0.5) is 5.69 Å². The largest absolute Gasteiger partial charge is 0.481 e. The van der Waals surface area contributed by atoms with Gasteiger partial charge in [0.25, 0.3) is 11.8 Å². The first-order valence-corrected chi connectivity index (χ1v) is 10.0. The van der Waals surface area contributed by atoms with Crippen LogP contribution in [0.1, 0.15) is 57.5 Å². The maximum absolute atomic E-state index is 12.6. The highest BCUT2D eigenvalue weighted by atomic mass is 16.5. The molecule has 5 heteroatoms. The molecule has 2 amide bonds. The van der Waals surface area contributed by atoms with Gasteiger partial charge in [0, 0.05) is 6.54 Å². The number of benzene rings is 2. The van der Waals surface area contributed by atoms with Crippen LogP contribution in [0, 0.1) is 5.92 Å². The summed E-state index contributed by atoms with van der Waals surface area (Å²) >= 11 is 0. The monoisotopic (exact) mass is 396 g/mol. The Labute approximate surface area is 173 Å². The fourth-order valence-corrected chi connectivity index (χ4v) is 2.71.